The van der Waals surface area contributed by atoms with E-state index >= 15 is 0 Å². The van der Waals surface area contributed by atoms with E-state index in [2.05, 4.69) is 4.98 Å². The van der Waals surface area contributed by atoms with Gasteiger partial charge in [0.15, 0.2) is 31.2 Å². The fourth-order valence-corrected chi connectivity index (χ4v) is 8.16. The number of hydrogen-bond donors (Lipinski definition) is 0. The van der Waals surface area contributed by atoms with E-state index in [1.165, 1.54) is 36.8 Å². The molecule has 0 radical (unpaired) electrons. The van der Waals surface area contributed by atoms with E-state index in [1.54, 1.807) is 12.1 Å². The normalized spacial score (nSPS) is 19.3. The van der Waals surface area contributed by atoms with Crippen molar-refractivity contribution < 1.29 is 44.9 Å². The number of ether oxygens (including phenoxy) is 5. The molecule has 2 aliphatic heterocycles. The third-order valence-corrected chi connectivity index (χ3v) is 10.3. The van der Waals surface area contributed by atoms with Crippen molar-refractivity contribution in [1.82, 2.24) is 4.98 Å². The van der Waals surface area contributed by atoms with Crippen molar-refractivity contribution in [3.8, 4) is 17.6 Å². The lowest BCUT2D eigenvalue weighted by Gasteiger charge is -2.25. The minimum Gasteiger partial charge on any atom is -0.455 e. The Hall–Kier alpha value is -3.45. The van der Waals surface area contributed by atoms with Gasteiger partial charge < -0.3 is 23.7 Å². The second-order valence-corrected chi connectivity index (χ2v) is 14.8. The van der Waals surface area contributed by atoms with Crippen molar-refractivity contribution in [2.75, 3.05) is 38.9 Å². The Bertz CT molecular complexity index is 1890. The molecule has 2 aromatic carbocycles. The van der Waals surface area contributed by atoms with E-state index in [1.807, 2.05) is 6.07 Å². The van der Waals surface area contributed by atoms with Crippen molar-refractivity contribution in [3.63, 3.8) is 0 Å². The SMILES string of the molecule is CS(=O)(=O)c1ccc(F)c2c1C1(CC2)OCCO1.CS(=O)(=O)c1ccc(Oc2cncc(C#N)c2)c2c1C1(CC2)OCCO1. The molecule has 2 fully saturated rings. The van der Waals surface area contributed by atoms with Crippen LogP contribution in [0.25, 0.3) is 0 Å². The Morgan fingerprint density at radius 2 is 1.34 bits per heavy atom. The highest BCUT2D eigenvalue weighted by Crippen LogP contribution is 2.50. The van der Waals surface area contributed by atoms with Crippen LogP contribution in [-0.2, 0) is 63.0 Å². The maximum atomic E-state index is 13.8. The minimum atomic E-state index is -3.46. The van der Waals surface area contributed by atoms with Crippen molar-refractivity contribution >= 4 is 19.7 Å². The van der Waals surface area contributed by atoms with E-state index < -0.39 is 37.1 Å². The van der Waals surface area contributed by atoms with Crippen molar-refractivity contribution in [2.45, 2.75) is 47.0 Å². The summed E-state index contributed by atoms with van der Waals surface area (Å²) in [5.74, 6) is -1.56. The van der Waals surface area contributed by atoms with E-state index in [4.69, 9.17) is 28.9 Å². The first kappa shape index (κ1) is 30.6. The van der Waals surface area contributed by atoms with E-state index in [9.17, 15) is 21.2 Å². The molecule has 0 amide bonds. The van der Waals surface area contributed by atoms with Crippen LogP contribution in [0.15, 0.2) is 52.5 Å². The summed E-state index contributed by atoms with van der Waals surface area (Å²) >= 11 is 0. The predicted octanol–water partition coefficient (Wildman–Crippen LogP) is 3.67. The number of halogens is 1. The number of aromatic nitrogens is 1. The van der Waals surface area contributed by atoms with Crippen LogP contribution in [-0.4, -0.2) is 60.8 Å². The first-order valence-electron chi connectivity index (χ1n) is 13.8. The Kier molecular flexibility index (Phi) is 7.76. The van der Waals surface area contributed by atoms with Gasteiger partial charge in [0.05, 0.1) is 48.0 Å². The molecule has 0 atom stereocenters. The summed E-state index contributed by atoms with van der Waals surface area (Å²) in [4.78, 5) is 4.29. The summed E-state index contributed by atoms with van der Waals surface area (Å²) in [6, 6.07) is 9.23. The standard InChI is InChI=1S/C18H16N2O5S.C12H13FO4S/c1-26(21,22)16-3-2-15(25-13-8-12(9-19)10-20-11-13)14-4-5-18(17(14)16)23-6-7-24-18;1-18(14,15)10-3-2-9(13)8-4-5-12(11(8)10)16-6-7-17-12/h2-3,8,10-11H,4-7H2,1H3;2-3H,4-7H2,1H3. The van der Waals surface area contributed by atoms with Gasteiger partial charge in [0.2, 0.25) is 0 Å². The molecule has 4 aliphatic rings. The fourth-order valence-electron chi connectivity index (χ4n) is 6.23. The summed E-state index contributed by atoms with van der Waals surface area (Å²) in [5.41, 5.74) is 2.42. The monoisotopic (exact) mass is 644 g/mol. The molecule has 2 spiro atoms. The second kappa shape index (κ2) is 11.2. The lowest BCUT2D eigenvalue weighted by atomic mass is 10.1. The maximum Gasteiger partial charge on any atom is 0.196 e. The third kappa shape index (κ3) is 5.38. The number of nitrogens with zero attached hydrogens (tertiary/aromatic N) is 2. The number of hydrogen-bond acceptors (Lipinski definition) is 11. The van der Waals surface area contributed by atoms with Gasteiger partial charge in [-0.05, 0) is 42.7 Å². The van der Waals surface area contributed by atoms with Gasteiger partial charge in [0.1, 0.15) is 23.4 Å². The van der Waals surface area contributed by atoms with E-state index in [-0.39, 0.29) is 9.79 Å². The average molecular weight is 645 g/mol. The van der Waals surface area contributed by atoms with Crippen LogP contribution in [0.5, 0.6) is 11.5 Å². The first-order chi connectivity index (χ1) is 20.9. The smallest absolute Gasteiger partial charge is 0.196 e. The zero-order valence-electron chi connectivity index (χ0n) is 24.0. The van der Waals surface area contributed by atoms with Crippen LogP contribution in [0.2, 0.25) is 0 Å². The van der Waals surface area contributed by atoms with Gasteiger partial charge in [-0.25, -0.2) is 21.2 Å². The van der Waals surface area contributed by atoms with E-state index in [0.717, 1.165) is 11.8 Å². The molecule has 44 heavy (non-hydrogen) atoms. The second-order valence-electron chi connectivity index (χ2n) is 10.9. The van der Waals surface area contributed by atoms with Crippen LogP contribution in [0.4, 0.5) is 4.39 Å². The first-order valence-corrected chi connectivity index (χ1v) is 17.6. The van der Waals surface area contributed by atoms with Gasteiger partial charge in [-0.2, -0.15) is 5.26 Å². The maximum absolute atomic E-state index is 13.8. The Balaban J connectivity index is 0.000000167. The molecule has 2 saturated heterocycles. The zero-order valence-corrected chi connectivity index (χ0v) is 25.6. The topological polar surface area (TPSA) is 151 Å². The van der Waals surface area contributed by atoms with Gasteiger partial charge in [0, 0.05) is 54.3 Å². The van der Waals surface area contributed by atoms with Crippen molar-refractivity contribution in [3.05, 3.63) is 76.4 Å². The minimum absolute atomic E-state index is 0.110. The third-order valence-electron chi connectivity index (χ3n) is 8.00. The van der Waals surface area contributed by atoms with Crippen LogP contribution in [0, 0.1) is 17.1 Å². The molecule has 0 bridgehead atoms. The van der Waals surface area contributed by atoms with Crippen molar-refractivity contribution in [1.29, 1.82) is 5.26 Å². The molecular formula is C30H29FN2O9S2. The van der Waals surface area contributed by atoms with E-state index in [0.29, 0.717) is 85.9 Å². The highest BCUT2D eigenvalue weighted by molar-refractivity contribution is 7.91. The molecule has 0 saturated carbocycles. The number of rotatable bonds is 4. The summed E-state index contributed by atoms with van der Waals surface area (Å²) in [7, 11) is -6.90. The van der Waals surface area contributed by atoms with Gasteiger partial charge in [-0.3, -0.25) is 4.98 Å². The summed E-state index contributed by atoms with van der Waals surface area (Å²) < 4.78 is 90.6. The Morgan fingerprint density at radius 3 is 1.89 bits per heavy atom. The molecule has 2 aliphatic carbocycles. The molecule has 14 heteroatoms. The largest absolute Gasteiger partial charge is 0.455 e. The highest BCUT2D eigenvalue weighted by Gasteiger charge is 2.49. The van der Waals surface area contributed by atoms with Crippen LogP contribution < -0.4 is 4.74 Å². The predicted molar refractivity (Wildman–Crippen MR) is 152 cm³/mol. The Morgan fingerprint density at radius 1 is 0.818 bits per heavy atom. The van der Waals surface area contributed by atoms with Crippen molar-refractivity contribution in [2.24, 2.45) is 0 Å². The molecule has 3 aromatic rings. The van der Waals surface area contributed by atoms with Gasteiger partial charge >= 0.3 is 0 Å². The summed E-state index contributed by atoms with van der Waals surface area (Å²) in [6.07, 6.45) is 7.23. The number of sulfone groups is 2. The number of benzene rings is 2. The summed E-state index contributed by atoms with van der Waals surface area (Å²) in [6.45, 7) is 1.64. The molecule has 11 nitrogen and oxygen atoms in total. The van der Waals surface area contributed by atoms with Crippen LogP contribution in [0.3, 0.4) is 0 Å². The fraction of sp³-hybridized carbons (Fsp3) is 0.400. The number of pyridine rings is 1. The van der Waals surface area contributed by atoms with Crippen LogP contribution >= 0.6 is 0 Å². The number of fused-ring (bicyclic) bond motifs is 4. The molecule has 232 valence electrons. The molecule has 0 unspecified atom stereocenters. The lowest BCUT2D eigenvalue weighted by Crippen LogP contribution is -2.26. The number of nitriles is 1. The Labute approximate surface area is 254 Å². The quantitative estimate of drug-likeness (QED) is 0.383. The van der Waals surface area contributed by atoms with Gasteiger partial charge in [0.25, 0.3) is 0 Å². The molecule has 7 rings (SSSR count). The van der Waals surface area contributed by atoms with Gasteiger partial charge in [-0.15, -0.1) is 0 Å². The highest BCUT2D eigenvalue weighted by atomic mass is 32.2. The lowest BCUT2D eigenvalue weighted by molar-refractivity contribution is -0.165. The average Bonchev–Trinajstić information content (AvgIpc) is 3.79. The summed E-state index contributed by atoms with van der Waals surface area (Å²) in [5, 5.41) is 9.00. The molecular weight excluding hydrogens is 615 g/mol. The van der Waals surface area contributed by atoms with Crippen LogP contribution in [0.1, 0.15) is 40.7 Å². The molecule has 0 N–H and O–H groups in total. The van der Waals surface area contributed by atoms with Gasteiger partial charge in [-0.1, -0.05) is 0 Å². The molecule has 3 heterocycles. The zero-order chi connectivity index (χ0) is 31.3. The molecule has 1 aromatic heterocycles.